The van der Waals surface area contributed by atoms with Gasteiger partial charge in [-0.05, 0) is 23.4 Å². The fourth-order valence-corrected chi connectivity index (χ4v) is 4.44. The summed E-state index contributed by atoms with van der Waals surface area (Å²) in [6.45, 7) is 1.82. The first kappa shape index (κ1) is 15.6. The Labute approximate surface area is 139 Å². The third-order valence-corrected chi connectivity index (χ3v) is 5.64. The van der Waals surface area contributed by atoms with Crippen molar-refractivity contribution in [1.82, 2.24) is 14.8 Å². The summed E-state index contributed by atoms with van der Waals surface area (Å²) in [5.41, 5.74) is 0.989. The first-order valence-electron chi connectivity index (χ1n) is 6.95. The Morgan fingerprint density at radius 1 is 1.43 bits per heavy atom. The van der Waals surface area contributed by atoms with Gasteiger partial charge in [0.15, 0.2) is 0 Å². The number of aliphatic carboxylic acids is 1. The lowest BCUT2D eigenvalue weighted by Crippen LogP contribution is -2.16. The number of carbonyl (C=O) groups is 2. The van der Waals surface area contributed by atoms with Crippen molar-refractivity contribution in [2.24, 2.45) is 0 Å². The van der Waals surface area contributed by atoms with Gasteiger partial charge in [0.05, 0.1) is 10.4 Å². The second-order valence-electron chi connectivity index (χ2n) is 4.91. The Morgan fingerprint density at radius 3 is 3.00 bits per heavy atom. The number of thiophene rings is 2. The number of hydrogen-bond acceptors (Lipinski definition) is 6. The van der Waals surface area contributed by atoms with Crippen molar-refractivity contribution in [2.45, 2.75) is 26.3 Å². The Balaban J connectivity index is 1.67. The molecule has 0 spiro atoms. The van der Waals surface area contributed by atoms with Crippen molar-refractivity contribution in [3.8, 4) is 0 Å². The summed E-state index contributed by atoms with van der Waals surface area (Å²) < 4.78 is 2.39. The number of hydrogen-bond donors (Lipinski definition) is 2. The molecule has 0 saturated carbocycles. The summed E-state index contributed by atoms with van der Waals surface area (Å²) in [5.74, 6) is -1.12. The van der Waals surface area contributed by atoms with Crippen molar-refractivity contribution >= 4 is 49.9 Å². The molecule has 2 N–H and O–H groups in total. The topological polar surface area (TPSA) is 97.1 Å². The SMILES string of the molecule is CCc1cc2c(CC(=O)Nc3ncn(CC(=O)O)n3)csc2s1. The second-order valence-corrected chi connectivity index (χ2v) is 7.19. The number of rotatable bonds is 6. The van der Waals surface area contributed by atoms with Crippen LogP contribution >= 0.6 is 22.7 Å². The highest BCUT2D eigenvalue weighted by atomic mass is 32.2. The summed E-state index contributed by atoms with van der Waals surface area (Å²) in [5, 5.41) is 18.3. The molecule has 3 aromatic heterocycles. The van der Waals surface area contributed by atoms with Gasteiger partial charge in [0.1, 0.15) is 12.9 Å². The van der Waals surface area contributed by atoms with Crippen molar-refractivity contribution in [3.05, 3.63) is 28.2 Å². The Hall–Kier alpha value is -2.26. The predicted octanol–water partition coefficient (Wildman–Crippen LogP) is 2.38. The zero-order valence-electron chi connectivity index (χ0n) is 12.3. The second kappa shape index (κ2) is 6.47. The molecule has 0 unspecified atom stereocenters. The number of nitrogens with one attached hydrogen (secondary N) is 1. The summed E-state index contributed by atoms with van der Waals surface area (Å²) in [4.78, 5) is 27.9. The number of carboxylic acids is 1. The molecule has 0 fully saturated rings. The van der Waals surface area contributed by atoms with Crippen LogP contribution in [0.3, 0.4) is 0 Å². The standard InChI is InChI=1S/C14H14N4O3S2/c1-2-9-4-10-8(6-22-13(10)23-9)3-11(19)16-14-15-7-18(17-14)5-12(20)21/h4,6-7H,2-3,5H2,1H3,(H,20,21)(H,16,17,19). The zero-order chi connectivity index (χ0) is 16.4. The van der Waals surface area contributed by atoms with Crippen molar-refractivity contribution in [1.29, 1.82) is 0 Å². The van der Waals surface area contributed by atoms with Gasteiger partial charge < -0.3 is 5.11 Å². The monoisotopic (exact) mass is 350 g/mol. The lowest BCUT2D eigenvalue weighted by molar-refractivity contribution is -0.137. The molecule has 1 amide bonds. The van der Waals surface area contributed by atoms with E-state index < -0.39 is 5.97 Å². The van der Waals surface area contributed by atoms with Crippen molar-refractivity contribution in [2.75, 3.05) is 5.32 Å². The molecule has 0 bridgehead atoms. The fraction of sp³-hybridized carbons (Fsp3) is 0.286. The van der Waals surface area contributed by atoms with Gasteiger partial charge in [-0.15, -0.1) is 27.8 Å². The number of aryl methyl sites for hydroxylation is 1. The van der Waals surface area contributed by atoms with Gasteiger partial charge in [0.25, 0.3) is 0 Å². The van der Waals surface area contributed by atoms with Crippen LogP contribution < -0.4 is 5.32 Å². The number of carboxylic acid groups (broad SMARTS) is 1. The van der Waals surface area contributed by atoms with Crippen LogP contribution in [0.15, 0.2) is 17.8 Å². The number of aromatic nitrogens is 3. The predicted molar refractivity (Wildman–Crippen MR) is 89.1 cm³/mol. The maximum atomic E-state index is 12.1. The van der Waals surface area contributed by atoms with Crippen LogP contribution in [0.4, 0.5) is 5.95 Å². The van der Waals surface area contributed by atoms with E-state index >= 15 is 0 Å². The van der Waals surface area contributed by atoms with E-state index in [1.165, 1.54) is 15.2 Å². The molecule has 120 valence electrons. The molecule has 0 saturated heterocycles. The van der Waals surface area contributed by atoms with E-state index in [0.717, 1.165) is 22.1 Å². The molecule has 9 heteroatoms. The number of nitrogens with zero attached hydrogens (tertiary/aromatic N) is 3. The maximum absolute atomic E-state index is 12.1. The van der Waals surface area contributed by atoms with E-state index in [0.29, 0.717) is 0 Å². The molecule has 0 aliphatic heterocycles. The molecule has 7 nitrogen and oxygen atoms in total. The minimum atomic E-state index is -1.02. The number of fused-ring (bicyclic) bond motifs is 1. The van der Waals surface area contributed by atoms with Crippen LogP contribution in [0.2, 0.25) is 0 Å². The summed E-state index contributed by atoms with van der Waals surface area (Å²) in [6, 6.07) is 2.14. The normalized spacial score (nSPS) is 11.0. The lowest BCUT2D eigenvalue weighted by atomic mass is 10.1. The molecule has 0 aromatic carbocycles. The van der Waals surface area contributed by atoms with Gasteiger partial charge in [-0.3, -0.25) is 14.9 Å². The average Bonchev–Trinajstić information content (AvgIpc) is 3.16. The summed E-state index contributed by atoms with van der Waals surface area (Å²) >= 11 is 3.41. The van der Waals surface area contributed by atoms with Crippen LogP contribution in [0.5, 0.6) is 0 Å². The van der Waals surface area contributed by atoms with Gasteiger partial charge in [0.2, 0.25) is 11.9 Å². The van der Waals surface area contributed by atoms with Crippen molar-refractivity contribution < 1.29 is 14.7 Å². The van der Waals surface area contributed by atoms with Gasteiger partial charge in [-0.25, -0.2) is 9.67 Å². The van der Waals surface area contributed by atoms with E-state index in [2.05, 4.69) is 28.4 Å². The molecule has 23 heavy (non-hydrogen) atoms. The molecular weight excluding hydrogens is 336 g/mol. The third-order valence-electron chi connectivity index (χ3n) is 3.19. The maximum Gasteiger partial charge on any atom is 0.325 e. The van der Waals surface area contributed by atoms with E-state index in [-0.39, 0.29) is 24.8 Å². The molecule has 3 aromatic rings. The highest BCUT2D eigenvalue weighted by Crippen LogP contribution is 2.34. The van der Waals surface area contributed by atoms with Crippen LogP contribution in [0.1, 0.15) is 17.4 Å². The number of amides is 1. The fourth-order valence-electron chi connectivity index (χ4n) is 2.14. The van der Waals surface area contributed by atoms with Gasteiger partial charge in [-0.2, -0.15) is 0 Å². The van der Waals surface area contributed by atoms with Crippen LogP contribution in [-0.4, -0.2) is 31.7 Å². The minimum Gasteiger partial charge on any atom is -0.480 e. The highest BCUT2D eigenvalue weighted by Gasteiger charge is 2.13. The van der Waals surface area contributed by atoms with E-state index in [4.69, 9.17) is 5.11 Å². The Bertz CT molecular complexity index is 865. The van der Waals surface area contributed by atoms with Gasteiger partial charge in [0, 0.05) is 10.3 Å². The smallest absolute Gasteiger partial charge is 0.325 e. The van der Waals surface area contributed by atoms with Crippen LogP contribution in [0, 0.1) is 0 Å². The third kappa shape index (κ3) is 3.57. The first-order valence-corrected chi connectivity index (χ1v) is 8.64. The van der Waals surface area contributed by atoms with Crippen LogP contribution in [-0.2, 0) is 29.0 Å². The summed E-state index contributed by atoms with van der Waals surface area (Å²) in [7, 11) is 0. The molecule has 0 radical (unpaired) electrons. The first-order chi connectivity index (χ1) is 11.0. The van der Waals surface area contributed by atoms with Gasteiger partial charge in [-0.1, -0.05) is 6.92 Å². The molecule has 3 rings (SSSR count). The molecule has 0 atom stereocenters. The Morgan fingerprint density at radius 2 is 2.26 bits per heavy atom. The summed E-state index contributed by atoms with van der Waals surface area (Å²) in [6.07, 6.45) is 2.51. The van der Waals surface area contributed by atoms with E-state index in [1.807, 2.05) is 5.38 Å². The van der Waals surface area contributed by atoms with Gasteiger partial charge >= 0.3 is 5.97 Å². The van der Waals surface area contributed by atoms with E-state index in [1.54, 1.807) is 22.7 Å². The number of anilines is 1. The quantitative estimate of drug-likeness (QED) is 0.711. The number of carbonyl (C=O) groups excluding carboxylic acids is 1. The molecular formula is C14H14N4O3S2. The molecule has 0 aliphatic carbocycles. The molecule has 0 aliphatic rings. The minimum absolute atomic E-state index is 0.113. The largest absolute Gasteiger partial charge is 0.480 e. The van der Waals surface area contributed by atoms with E-state index in [9.17, 15) is 9.59 Å². The van der Waals surface area contributed by atoms with Crippen molar-refractivity contribution in [3.63, 3.8) is 0 Å². The highest BCUT2D eigenvalue weighted by molar-refractivity contribution is 7.37. The molecule has 3 heterocycles. The zero-order valence-corrected chi connectivity index (χ0v) is 13.9. The lowest BCUT2D eigenvalue weighted by Gasteiger charge is -2.00. The average molecular weight is 350 g/mol. The Kier molecular flexibility index (Phi) is 4.39. The van der Waals surface area contributed by atoms with Crippen LogP contribution in [0.25, 0.3) is 9.40 Å².